The number of rotatable bonds is 6. The summed E-state index contributed by atoms with van der Waals surface area (Å²) in [6.07, 6.45) is 0. The molecule has 2 aromatic rings. The lowest BCUT2D eigenvalue weighted by Crippen LogP contribution is -2.09. The van der Waals surface area contributed by atoms with E-state index in [0.717, 1.165) is 0 Å². The second-order valence-corrected chi connectivity index (χ2v) is 5.85. The van der Waals surface area contributed by atoms with Crippen LogP contribution in [0.25, 0.3) is 0 Å². The van der Waals surface area contributed by atoms with E-state index in [0.29, 0.717) is 19.9 Å². The van der Waals surface area contributed by atoms with E-state index in [9.17, 15) is 9.59 Å². The van der Waals surface area contributed by atoms with Gasteiger partial charge in [-0.2, -0.15) is 0 Å². The molecule has 2 rings (SSSR count). The zero-order valence-corrected chi connectivity index (χ0v) is 12.1. The maximum atomic E-state index is 11.1. The Labute approximate surface area is 119 Å². The maximum Gasteiger partial charge on any atom is 0.577 e. The van der Waals surface area contributed by atoms with E-state index in [4.69, 9.17) is 9.31 Å². The van der Waals surface area contributed by atoms with Crippen LogP contribution in [0, 0.1) is 0 Å². The number of thiophene rings is 2. The van der Waals surface area contributed by atoms with Gasteiger partial charge in [0.15, 0.2) is 21.7 Å². The summed E-state index contributed by atoms with van der Waals surface area (Å²) in [4.78, 5) is 23.5. The van der Waals surface area contributed by atoms with Gasteiger partial charge in [-0.05, 0) is 38.1 Å². The minimum absolute atomic E-state index is 0.0186. The summed E-state index contributed by atoms with van der Waals surface area (Å²) < 4.78 is 10.8. The molecule has 0 spiro atoms. The summed E-state index contributed by atoms with van der Waals surface area (Å²) in [7, 11) is 0.0513. The molecule has 0 fully saturated rings. The number of hydrogen-bond donors (Lipinski definition) is 0. The monoisotopic (exact) mass is 294 g/mol. The first-order valence-electron chi connectivity index (χ1n) is 5.53. The topological polar surface area (TPSA) is 52.6 Å². The zero-order chi connectivity index (χ0) is 13.8. The predicted octanol–water partition coefficient (Wildman–Crippen LogP) is 2.94. The van der Waals surface area contributed by atoms with Crippen molar-refractivity contribution in [3.8, 4) is 10.1 Å². The third-order valence-electron chi connectivity index (χ3n) is 2.26. The van der Waals surface area contributed by atoms with Gasteiger partial charge in [0, 0.05) is 0 Å². The molecule has 0 saturated carbocycles. The Kier molecular flexibility index (Phi) is 4.39. The highest BCUT2D eigenvalue weighted by atomic mass is 32.1. The van der Waals surface area contributed by atoms with Gasteiger partial charge in [-0.15, -0.1) is 0 Å². The molecule has 0 aliphatic rings. The first kappa shape index (κ1) is 13.8. The third kappa shape index (κ3) is 3.68. The second kappa shape index (κ2) is 6.03. The van der Waals surface area contributed by atoms with Crippen LogP contribution in [-0.4, -0.2) is 19.3 Å². The molecule has 0 amide bonds. The normalized spacial score (nSPS) is 10.0. The van der Waals surface area contributed by atoms with Crippen LogP contribution in [0.2, 0.25) is 0 Å². The lowest BCUT2D eigenvalue weighted by Gasteiger charge is -2.02. The van der Waals surface area contributed by atoms with Gasteiger partial charge in [0.1, 0.15) is 0 Å². The minimum atomic E-state index is 0.0186. The largest absolute Gasteiger partial charge is 0.577 e. The van der Waals surface area contributed by atoms with Crippen LogP contribution < -0.4 is 9.31 Å². The summed E-state index contributed by atoms with van der Waals surface area (Å²) in [6.45, 7) is 3.03. The quantitative estimate of drug-likeness (QED) is 0.607. The molecule has 0 aliphatic heterocycles. The zero-order valence-electron chi connectivity index (χ0n) is 10.5. The average Bonchev–Trinajstić information content (AvgIpc) is 2.97. The highest BCUT2D eigenvalue weighted by Gasteiger charge is 2.08. The first-order chi connectivity index (χ1) is 9.06. The van der Waals surface area contributed by atoms with Crippen LogP contribution in [0.3, 0.4) is 0 Å². The number of hydrogen-bond acceptors (Lipinski definition) is 6. The molecule has 0 atom stereocenters. The van der Waals surface area contributed by atoms with Gasteiger partial charge in [-0.3, -0.25) is 9.59 Å². The summed E-state index contributed by atoms with van der Waals surface area (Å²) in [6, 6.07) is 6.92. The SMILES string of the molecule is CC(=O)c1ccc(OBOc2ccc(C(C)=O)s2)s1. The third-order valence-corrected chi connectivity index (χ3v) is 4.46. The standard InChI is InChI=1S/C12H11BO4S2/c1-7(14)9-3-5-11(18-9)16-13-17-12-6-4-10(19-12)8(2)15/h3-6,13H,1-2H3. The van der Waals surface area contributed by atoms with E-state index in [1.54, 1.807) is 24.3 Å². The number of Topliss-reactive ketones (excluding diaryl/α,β-unsaturated/α-hetero) is 2. The highest BCUT2D eigenvalue weighted by molar-refractivity contribution is 7.16. The van der Waals surface area contributed by atoms with Gasteiger partial charge >= 0.3 is 7.69 Å². The molecule has 4 nitrogen and oxygen atoms in total. The molecule has 0 N–H and O–H groups in total. The molecule has 0 aliphatic carbocycles. The van der Waals surface area contributed by atoms with Gasteiger partial charge in [0.05, 0.1) is 9.75 Å². The summed E-state index contributed by atoms with van der Waals surface area (Å²) in [5, 5.41) is 1.27. The fourth-order valence-electron chi connectivity index (χ4n) is 1.32. The second-order valence-electron chi connectivity index (χ2n) is 3.76. The van der Waals surface area contributed by atoms with Gasteiger partial charge in [-0.1, -0.05) is 22.7 Å². The number of ketones is 2. The Morgan fingerprint density at radius 3 is 1.63 bits per heavy atom. The van der Waals surface area contributed by atoms with Gasteiger partial charge < -0.3 is 9.31 Å². The Bertz CT molecular complexity index is 550. The molecule has 2 aromatic heterocycles. The van der Waals surface area contributed by atoms with Crippen LogP contribution >= 0.6 is 22.7 Å². The van der Waals surface area contributed by atoms with Crippen molar-refractivity contribution in [3.63, 3.8) is 0 Å². The summed E-state index contributed by atoms with van der Waals surface area (Å²) in [5.74, 6) is 0.0373. The van der Waals surface area contributed by atoms with Crippen molar-refractivity contribution >= 4 is 41.9 Å². The van der Waals surface area contributed by atoms with E-state index < -0.39 is 0 Å². The molecule has 0 saturated heterocycles. The summed E-state index contributed by atoms with van der Waals surface area (Å²) >= 11 is 2.57. The minimum Gasteiger partial charge on any atom is -0.521 e. The van der Waals surface area contributed by atoms with E-state index in [-0.39, 0.29) is 19.3 Å². The van der Waals surface area contributed by atoms with E-state index in [1.807, 2.05) is 0 Å². The molecular weight excluding hydrogens is 283 g/mol. The fourth-order valence-corrected chi connectivity index (χ4v) is 2.80. The molecular formula is C12H11BO4S2. The van der Waals surface area contributed by atoms with Crippen molar-refractivity contribution in [3.05, 3.63) is 34.0 Å². The van der Waals surface area contributed by atoms with Crippen LogP contribution in [0.15, 0.2) is 24.3 Å². The van der Waals surface area contributed by atoms with E-state index in [1.165, 1.54) is 36.5 Å². The summed E-state index contributed by atoms with van der Waals surface area (Å²) in [5.41, 5.74) is 0. The Balaban J connectivity index is 1.85. The molecule has 7 heteroatoms. The van der Waals surface area contributed by atoms with Crippen molar-refractivity contribution in [2.75, 3.05) is 0 Å². The van der Waals surface area contributed by atoms with Crippen LogP contribution in [0.1, 0.15) is 33.2 Å². The van der Waals surface area contributed by atoms with Crippen molar-refractivity contribution in [2.45, 2.75) is 13.8 Å². The van der Waals surface area contributed by atoms with Crippen LogP contribution in [0.4, 0.5) is 0 Å². The maximum absolute atomic E-state index is 11.1. The van der Waals surface area contributed by atoms with Crippen LogP contribution in [0.5, 0.6) is 10.1 Å². The smallest absolute Gasteiger partial charge is 0.521 e. The van der Waals surface area contributed by atoms with Gasteiger partial charge in [0.25, 0.3) is 0 Å². The molecule has 0 unspecified atom stereocenters. The molecule has 0 aromatic carbocycles. The lowest BCUT2D eigenvalue weighted by molar-refractivity contribution is 0.101. The van der Waals surface area contributed by atoms with Crippen molar-refractivity contribution in [2.24, 2.45) is 0 Å². The Morgan fingerprint density at radius 1 is 0.895 bits per heavy atom. The number of carbonyl (C=O) groups is 2. The van der Waals surface area contributed by atoms with Gasteiger partial charge in [-0.25, -0.2) is 0 Å². The van der Waals surface area contributed by atoms with E-state index >= 15 is 0 Å². The van der Waals surface area contributed by atoms with Gasteiger partial charge in [0.2, 0.25) is 0 Å². The van der Waals surface area contributed by atoms with Crippen molar-refractivity contribution in [1.29, 1.82) is 0 Å². The Hall–Kier alpha value is -1.60. The van der Waals surface area contributed by atoms with Crippen molar-refractivity contribution in [1.82, 2.24) is 0 Å². The highest BCUT2D eigenvalue weighted by Crippen LogP contribution is 2.26. The molecule has 98 valence electrons. The lowest BCUT2D eigenvalue weighted by atomic mass is 10.3. The predicted molar refractivity (Wildman–Crippen MR) is 77.1 cm³/mol. The Morgan fingerprint density at radius 2 is 1.32 bits per heavy atom. The average molecular weight is 294 g/mol. The number of carbonyl (C=O) groups excluding carboxylic acids is 2. The fraction of sp³-hybridized carbons (Fsp3) is 0.167. The molecule has 19 heavy (non-hydrogen) atoms. The van der Waals surface area contributed by atoms with E-state index in [2.05, 4.69) is 0 Å². The van der Waals surface area contributed by atoms with Crippen molar-refractivity contribution < 1.29 is 18.9 Å². The first-order valence-corrected chi connectivity index (χ1v) is 7.16. The molecule has 2 heterocycles. The van der Waals surface area contributed by atoms with Crippen LogP contribution in [-0.2, 0) is 0 Å². The molecule has 0 bridgehead atoms. The molecule has 0 radical (unpaired) electrons.